The van der Waals surface area contributed by atoms with Gasteiger partial charge in [0.05, 0.1) is 0 Å². The highest BCUT2D eigenvalue weighted by Gasteiger charge is 2.22. The summed E-state index contributed by atoms with van der Waals surface area (Å²) in [5.74, 6) is 0.290. The fourth-order valence-corrected chi connectivity index (χ4v) is 2.06. The van der Waals surface area contributed by atoms with Crippen LogP contribution >= 0.6 is 0 Å². The van der Waals surface area contributed by atoms with E-state index in [9.17, 15) is 4.79 Å². The number of rotatable bonds is 5. The highest BCUT2D eigenvalue weighted by atomic mass is 16.2. The number of hydrogen-bond donors (Lipinski definition) is 1. The van der Waals surface area contributed by atoms with Crippen molar-refractivity contribution in [3.05, 3.63) is 0 Å². The summed E-state index contributed by atoms with van der Waals surface area (Å²) in [6.45, 7) is 9.11. The quantitative estimate of drug-likeness (QED) is 0.744. The summed E-state index contributed by atoms with van der Waals surface area (Å²) >= 11 is 0. The molecule has 1 N–H and O–H groups in total. The van der Waals surface area contributed by atoms with E-state index in [4.69, 9.17) is 0 Å². The molecule has 1 atom stereocenters. The molecule has 16 heavy (non-hydrogen) atoms. The molecule has 94 valence electrons. The number of amides is 1. The van der Waals surface area contributed by atoms with Gasteiger partial charge in [0.1, 0.15) is 0 Å². The molecule has 0 aliphatic carbocycles. The Kier molecular flexibility index (Phi) is 5.77. The zero-order valence-corrected chi connectivity index (χ0v) is 10.8. The van der Waals surface area contributed by atoms with E-state index in [1.807, 2.05) is 11.9 Å². The maximum atomic E-state index is 11.8. The molecule has 0 bridgehead atoms. The van der Waals surface area contributed by atoms with Gasteiger partial charge in [0.2, 0.25) is 5.91 Å². The van der Waals surface area contributed by atoms with Crippen molar-refractivity contribution in [3.8, 4) is 0 Å². The van der Waals surface area contributed by atoms with Crippen LogP contribution in [0.3, 0.4) is 0 Å². The number of nitrogens with one attached hydrogen (secondary N) is 1. The van der Waals surface area contributed by atoms with Crippen LogP contribution in [0.1, 0.15) is 26.7 Å². The second-order valence-corrected chi connectivity index (χ2v) is 4.53. The smallest absolute Gasteiger partial charge is 0.223 e. The number of nitrogens with zero attached hydrogens (tertiary/aromatic N) is 2. The topological polar surface area (TPSA) is 35.6 Å². The molecule has 1 heterocycles. The van der Waals surface area contributed by atoms with E-state index in [1.54, 1.807) is 0 Å². The Bertz CT molecular complexity index is 212. The van der Waals surface area contributed by atoms with E-state index in [0.717, 1.165) is 32.7 Å². The first-order chi connectivity index (χ1) is 7.69. The lowest BCUT2D eigenvalue weighted by molar-refractivity contribution is -0.133. The van der Waals surface area contributed by atoms with Gasteiger partial charge < -0.3 is 10.2 Å². The highest BCUT2D eigenvalue weighted by Crippen LogP contribution is 2.09. The molecule has 0 spiro atoms. The Labute approximate surface area is 99.0 Å². The van der Waals surface area contributed by atoms with Gasteiger partial charge in [-0.05, 0) is 20.4 Å². The lowest BCUT2D eigenvalue weighted by Gasteiger charge is -2.37. The summed E-state index contributed by atoms with van der Waals surface area (Å²) in [5, 5.41) is 3.02. The second-order valence-electron chi connectivity index (χ2n) is 4.53. The largest absolute Gasteiger partial charge is 0.340 e. The Hall–Kier alpha value is -0.610. The van der Waals surface area contributed by atoms with Crippen LogP contribution in [0, 0.1) is 0 Å². The van der Waals surface area contributed by atoms with Crippen LogP contribution < -0.4 is 5.32 Å². The predicted octanol–water partition coefficient (Wildman–Crippen LogP) is 0.539. The van der Waals surface area contributed by atoms with E-state index < -0.39 is 0 Å². The lowest BCUT2D eigenvalue weighted by Crippen LogP contribution is -2.51. The minimum atomic E-state index is 0.290. The van der Waals surface area contributed by atoms with E-state index in [-0.39, 0.29) is 5.91 Å². The van der Waals surface area contributed by atoms with Gasteiger partial charge >= 0.3 is 0 Å². The molecular formula is C12H25N3O. The van der Waals surface area contributed by atoms with E-state index in [1.165, 1.54) is 6.42 Å². The summed E-state index contributed by atoms with van der Waals surface area (Å²) in [4.78, 5) is 16.2. The number of hydrogen-bond acceptors (Lipinski definition) is 3. The summed E-state index contributed by atoms with van der Waals surface area (Å²) in [6.07, 6.45) is 1.81. The van der Waals surface area contributed by atoms with Crippen LogP contribution in [0.15, 0.2) is 0 Å². The molecular weight excluding hydrogens is 202 g/mol. The Morgan fingerprint density at radius 3 is 2.44 bits per heavy atom. The highest BCUT2D eigenvalue weighted by molar-refractivity contribution is 5.76. The van der Waals surface area contributed by atoms with Gasteiger partial charge in [-0.1, -0.05) is 6.92 Å². The zero-order valence-electron chi connectivity index (χ0n) is 10.8. The molecule has 0 aromatic heterocycles. The van der Waals surface area contributed by atoms with Crippen LogP contribution in [0.4, 0.5) is 0 Å². The first kappa shape index (κ1) is 13.5. The lowest BCUT2D eigenvalue weighted by atomic mass is 10.2. The molecule has 0 saturated carbocycles. The summed E-state index contributed by atoms with van der Waals surface area (Å²) in [6, 6.07) is 0.648. The van der Waals surface area contributed by atoms with Gasteiger partial charge in [-0.3, -0.25) is 9.69 Å². The number of piperazine rings is 1. The fraction of sp³-hybridized carbons (Fsp3) is 0.917. The second kappa shape index (κ2) is 6.86. The minimum Gasteiger partial charge on any atom is -0.340 e. The van der Waals surface area contributed by atoms with E-state index in [2.05, 4.69) is 24.1 Å². The zero-order chi connectivity index (χ0) is 12.0. The van der Waals surface area contributed by atoms with Crippen LogP contribution in [-0.4, -0.2) is 61.5 Å². The number of carbonyl (C=O) groups is 1. The van der Waals surface area contributed by atoms with Gasteiger partial charge in [-0.25, -0.2) is 0 Å². The molecule has 4 heteroatoms. The monoisotopic (exact) mass is 227 g/mol. The van der Waals surface area contributed by atoms with Crippen LogP contribution in [-0.2, 0) is 4.79 Å². The predicted molar refractivity (Wildman–Crippen MR) is 66.4 cm³/mol. The first-order valence-corrected chi connectivity index (χ1v) is 6.35. The summed E-state index contributed by atoms with van der Waals surface area (Å²) < 4.78 is 0. The molecule has 4 nitrogen and oxygen atoms in total. The standard InChI is InChI=1S/C12H25N3O/c1-4-11(2)14-7-9-15(10-8-14)12(16)5-6-13-3/h11,13H,4-10H2,1-3H3. The van der Waals surface area contributed by atoms with Crippen molar-refractivity contribution in [2.45, 2.75) is 32.7 Å². The van der Waals surface area contributed by atoms with Crippen molar-refractivity contribution in [3.63, 3.8) is 0 Å². The Morgan fingerprint density at radius 2 is 1.94 bits per heavy atom. The van der Waals surface area contributed by atoms with E-state index >= 15 is 0 Å². The van der Waals surface area contributed by atoms with Gasteiger partial charge in [-0.2, -0.15) is 0 Å². The molecule has 1 rings (SSSR count). The first-order valence-electron chi connectivity index (χ1n) is 6.35. The minimum absolute atomic E-state index is 0.290. The van der Waals surface area contributed by atoms with Gasteiger partial charge in [-0.15, -0.1) is 0 Å². The third-order valence-electron chi connectivity index (χ3n) is 3.47. The molecule has 1 aliphatic heterocycles. The van der Waals surface area contributed by atoms with Crippen molar-refractivity contribution >= 4 is 5.91 Å². The molecule has 1 unspecified atom stereocenters. The molecule has 1 amide bonds. The molecule has 0 aromatic carbocycles. The fourth-order valence-electron chi connectivity index (χ4n) is 2.06. The van der Waals surface area contributed by atoms with Crippen LogP contribution in [0.5, 0.6) is 0 Å². The summed E-state index contributed by atoms with van der Waals surface area (Å²) in [5.41, 5.74) is 0. The van der Waals surface area contributed by atoms with E-state index in [0.29, 0.717) is 12.5 Å². The molecule has 0 aromatic rings. The maximum absolute atomic E-state index is 11.8. The van der Waals surface area contributed by atoms with Gasteiger partial charge in [0, 0.05) is 45.2 Å². The van der Waals surface area contributed by atoms with Gasteiger partial charge in [0.25, 0.3) is 0 Å². The Morgan fingerprint density at radius 1 is 1.31 bits per heavy atom. The van der Waals surface area contributed by atoms with Crippen molar-refractivity contribution < 1.29 is 4.79 Å². The van der Waals surface area contributed by atoms with Crippen molar-refractivity contribution in [2.75, 3.05) is 39.8 Å². The normalized spacial score (nSPS) is 19.8. The summed E-state index contributed by atoms with van der Waals surface area (Å²) in [7, 11) is 1.88. The third-order valence-corrected chi connectivity index (χ3v) is 3.47. The molecule has 0 radical (unpaired) electrons. The number of carbonyl (C=O) groups excluding carboxylic acids is 1. The van der Waals surface area contributed by atoms with Crippen LogP contribution in [0.25, 0.3) is 0 Å². The van der Waals surface area contributed by atoms with Crippen molar-refractivity contribution in [2.24, 2.45) is 0 Å². The SMILES string of the molecule is CCC(C)N1CCN(C(=O)CCNC)CC1. The maximum Gasteiger partial charge on any atom is 0.223 e. The van der Waals surface area contributed by atoms with Gasteiger partial charge in [0.15, 0.2) is 0 Å². The van der Waals surface area contributed by atoms with Crippen molar-refractivity contribution in [1.82, 2.24) is 15.1 Å². The average molecular weight is 227 g/mol. The van der Waals surface area contributed by atoms with Crippen molar-refractivity contribution in [1.29, 1.82) is 0 Å². The molecule has 1 fully saturated rings. The Balaban J connectivity index is 2.28. The molecule has 1 saturated heterocycles. The molecule has 1 aliphatic rings. The average Bonchev–Trinajstić information content (AvgIpc) is 2.35. The van der Waals surface area contributed by atoms with Crippen LogP contribution in [0.2, 0.25) is 0 Å². The third kappa shape index (κ3) is 3.76.